The molecule has 4 nitrogen and oxygen atoms in total. The number of rotatable bonds is 4. The molecule has 0 aliphatic carbocycles. The second kappa shape index (κ2) is 5.35. The van der Waals surface area contributed by atoms with Gasteiger partial charge in [-0.05, 0) is 40.2 Å². The fraction of sp³-hybridized carbons (Fsp3) is 0.909. The van der Waals surface area contributed by atoms with Crippen LogP contribution in [-0.2, 0) is 0 Å². The monoisotopic (exact) mass is 213 g/mol. The zero-order chi connectivity index (χ0) is 11.3. The third kappa shape index (κ3) is 3.38. The van der Waals surface area contributed by atoms with Crippen LogP contribution < -0.4 is 10.6 Å². The first-order chi connectivity index (χ1) is 7.11. The van der Waals surface area contributed by atoms with Crippen molar-refractivity contribution in [3.8, 4) is 0 Å². The van der Waals surface area contributed by atoms with Crippen LogP contribution in [0.2, 0.25) is 0 Å². The van der Waals surface area contributed by atoms with E-state index in [1.165, 1.54) is 6.42 Å². The molecule has 1 aliphatic heterocycles. The molecule has 1 aliphatic rings. The maximum atomic E-state index is 11.7. The van der Waals surface area contributed by atoms with Gasteiger partial charge < -0.3 is 15.5 Å². The topological polar surface area (TPSA) is 44.4 Å². The van der Waals surface area contributed by atoms with E-state index in [-0.39, 0.29) is 11.6 Å². The van der Waals surface area contributed by atoms with Crippen molar-refractivity contribution >= 4 is 6.03 Å². The molecule has 15 heavy (non-hydrogen) atoms. The first kappa shape index (κ1) is 12.3. The number of hydrogen-bond acceptors (Lipinski definition) is 2. The van der Waals surface area contributed by atoms with Crippen LogP contribution in [0, 0.1) is 0 Å². The van der Waals surface area contributed by atoms with Gasteiger partial charge in [-0.1, -0.05) is 0 Å². The number of amides is 2. The number of nitrogens with one attached hydrogen (secondary N) is 2. The molecule has 0 aromatic heterocycles. The molecule has 0 radical (unpaired) electrons. The van der Waals surface area contributed by atoms with Crippen molar-refractivity contribution in [3.63, 3.8) is 0 Å². The predicted octanol–water partition coefficient (Wildman–Crippen LogP) is 1.18. The standard InChI is InChI=1S/C11H23N3O/c1-4-14(5-2)10(15)12-9-11(3)7-6-8-13-11/h13H,4-9H2,1-3H3,(H,12,15). The molecule has 1 atom stereocenters. The minimum Gasteiger partial charge on any atom is -0.336 e. The van der Waals surface area contributed by atoms with Crippen molar-refractivity contribution in [2.45, 2.75) is 39.2 Å². The normalized spacial score (nSPS) is 25.3. The summed E-state index contributed by atoms with van der Waals surface area (Å²) in [6, 6.07) is 0.0509. The third-order valence-corrected chi connectivity index (χ3v) is 3.14. The van der Waals surface area contributed by atoms with E-state index in [0.717, 1.165) is 32.6 Å². The molecule has 88 valence electrons. The molecule has 1 saturated heterocycles. The Balaban J connectivity index is 2.32. The largest absolute Gasteiger partial charge is 0.336 e. The van der Waals surface area contributed by atoms with E-state index in [2.05, 4.69) is 17.6 Å². The quantitative estimate of drug-likeness (QED) is 0.736. The van der Waals surface area contributed by atoms with Gasteiger partial charge in [0.2, 0.25) is 0 Å². The molecule has 0 aromatic rings. The van der Waals surface area contributed by atoms with Crippen LogP contribution in [0.25, 0.3) is 0 Å². The average Bonchev–Trinajstić information content (AvgIpc) is 2.65. The van der Waals surface area contributed by atoms with Crippen LogP contribution in [-0.4, -0.2) is 42.6 Å². The Bertz CT molecular complexity index is 208. The lowest BCUT2D eigenvalue weighted by Crippen LogP contribution is -2.50. The van der Waals surface area contributed by atoms with E-state index < -0.39 is 0 Å². The first-order valence-corrected chi connectivity index (χ1v) is 5.89. The number of urea groups is 1. The van der Waals surface area contributed by atoms with Gasteiger partial charge in [0.05, 0.1) is 0 Å². The first-order valence-electron chi connectivity index (χ1n) is 5.89. The van der Waals surface area contributed by atoms with Gasteiger partial charge >= 0.3 is 6.03 Å². The van der Waals surface area contributed by atoms with Gasteiger partial charge in [-0.2, -0.15) is 0 Å². The van der Waals surface area contributed by atoms with E-state index in [9.17, 15) is 4.79 Å². The van der Waals surface area contributed by atoms with Gasteiger partial charge in [0.25, 0.3) is 0 Å². The van der Waals surface area contributed by atoms with Crippen molar-refractivity contribution in [2.24, 2.45) is 0 Å². The Morgan fingerprint density at radius 3 is 2.60 bits per heavy atom. The molecular formula is C11H23N3O. The summed E-state index contributed by atoms with van der Waals surface area (Å²) in [6.07, 6.45) is 2.35. The number of carbonyl (C=O) groups excluding carboxylic acids is 1. The maximum Gasteiger partial charge on any atom is 0.317 e. The lowest BCUT2D eigenvalue weighted by Gasteiger charge is -2.27. The Morgan fingerprint density at radius 1 is 1.47 bits per heavy atom. The minimum absolute atomic E-state index is 0.0509. The van der Waals surface area contributed by atoms with Crippen LogP contribution in [0.3, 0.4) is 0 Å². The molecule has 4 heteroatoms. The van der Waals surface area contributed by atoms with Gasteiger partial charge in [-0.15, -0.1) is 0 Å². The van der Waals surface area contributed by atoms with Gasteiger partial charge in [-0.25, -0.2) is 4.79 Å². The van der Waals surface area contributed by atoms with Crippen LogP contribution in [0.15, 0.2) is 0 Å². The molecule has 1 rings (SSSR count). The molecular weight excluding hydrogens is 190 g/mol. The van der Waals surface area contributed by atoms with Gasteiger partial charge in [0.15, 0.2) is 0 Å². The highest BCUT2D eigenvalue weighted by Crippen LogP contribution is 2.17. The highest BCUT2D eigenvalue weighted by molar-refractivity contribution is 5.74. The van der Waals surface area contributed by atoms with E-state index in [4.69, 9.17) is 0 Å². The summed E-state index contributed by atoms with van der Waals surface area (Å²) in [6.45, 7) is 9.50. The summed E-state index contributed by atoms with van der Waals surface area (Å²) in [7, 11) is 0. The molecule has 0 aromatic carbocycles. The summed E-state index contributed by atoms with van der Waals surface area (Å²) in [5, 5.41) is 6.42. The smallest absolute Gasteiger partial charge is 0.317 e. The zero-order valence-electron chi connectivity index (χ0n) is 10.1. The SMILES string of the molecule is CCN(CC)C(=O)NCC1(C)CCCN1. The second-order valence-corrected chi connectivity index (χ2v) is 4.42. The van der Waals surface area contributed by atoms with Gasteiger partial charge in [0.1, 0.15) is 0 Å². The van der Waals surface area contributed by atoms with Crippen molar-refractivity contribution in [1.29, 1.82) is 0 Å². The molecule has 2 N–H and O–H groups in total. The Morgan fingerprint density at radius 2 is 2.13 bits per heavy atom. The lowest BCUT2D eigenvalue weighted by atomic mass is 10.0. The van der Waals surface area contributed by atoms with E-state index in [1.807, 2.05) is 13.8 Å². The highest BCUT2D eigenvalue weighted by Gasteiger charge is 2.28. The van der Waals surface area contributed by atoms with Crippen molar-refractivity contribution in [3.05, 3.63) is 0 Å². The summed E-state index contributed by atoms with van der Waals surface area (Å²) in [5.41, 5.74) is 0.100. The van der Waals surface area contributed by atoms with Crippen LogP contribution in [0.4, 0.5) is 4.79 Å². The number of nitrogens with zero attached hydrogens (tertiary/aromatic N) is 1. The minimum atomic E-state index is 0.0509. The van der Waals surface area contributed by atoms with Crippen molar-refractivity contribution in [1.82, 2.24) is 15.5 Å². The second-order valence-electron chi connectivity index (χ2n) is 4.42. The molecule has 1 unspecified atom stereocenters. The van der Waals surface area contributed by atoms with Gasteiger partial charge in [0, 0.05) is 25.2 Å². The fourth-order valence-corrected chi connectivity index (χ4v) is 2.00. The number of carbonyl (C=O) groups is 1. The molecule has 1 heterocycles. The highest BCUT2D eigenvalue weighted by atomic mass is 16.2. The molecule has 0 saturated carbocycles. The summed E-state index contributed by atoms with van der Waals surface area (Å²) in [4.78, 5) is 13.5. The van der Waals surface area contributed by atoms with Crippen molar-refractivity contribution < 1.29 is 4.79 Å². The van der Waals surface area contributed by atoms with Gasteiger partial charge in [-0.3, -0.25) is 0 Å². The fourth-order valence-electron chi connectivity index (χ4n) is 2.00. The number of hydrogen-bond donors (Lipinski definition) is 2. The summed E-state index contributed by atoms with van der Waals surface area (Å²) in [5.74, 6) is 0. The zero-order valence-corrected chi connectivity index (χ0v) is 10.1. The Labute approximate surface area is 92.4 Å². The van der Waals surface area contributed by atoms with Crippen LogP contribution in [0.5, 0.6) is 0 Å². The predicted molar refractivity (Wildman–Crippen MR) is 62.0 cm³/mol. The van der Waals surface area contributed by atoms with Crippen molar-refractivity contribution in [2.75, 3.05) is 26.2 Å². The van der Waals surface area contributed by atoms with Crippen LogP contribution in [0.1, 0.15) is 33.6 Å². The summed E-state index contributed by atoms with van der Waals surface area (Å²) >= 11 is 0. The van der Waals surface area contributed by atoms with E-state index in [0.29, 0.717) is 0 Å². The molecule has 1 fully saturated rings. The Hall–Kier alpha value is -0.770. The molecule has 0 spiro atoms. The summed E-state index contributed by atoms with van der Waals surface area (Å²) < 4.78 is 0. The molecule has 0 bridgehead atoms. The average molecular weight is 213 g/mol. The third-order valence-electron chi connectivity index (χ3n) is 3.14. The van der Waals surface area contributed by atoms with E-state index in [1.54, 1.807) is 4.90 Å². The lowest BCUT2D eigenvalue weighted by molar-refractivity contribution is 0.199. The van der Waals surface area contributed by atoms with E-state index >= 15 is 0 Å². The maximum absolute atomic E-state index is 11.7. The molecule has 2 amide bonds. The Kier molecular flexibility index (Phi) is 4.39. The van der Waals surface area contributed by atoms with Crippen LogP contribution >= 0.6 is 0 Å².